The number of rotatable bonds is 4. The van der Waals surface area contributed by atoms with E-state index in [4.69, 9.17) is 0 Å². The van der Waals surface area contributed by atoms with Gasteiger partial charge < -0.3 is 9.88 Å². The van der Waals surface area contributed by atoms with Crippen molar-refractivity contribution < 1.29 is 0 Å². The summed E-state index contributed by atoms with van der Waals surface area (Å²) in [5.74, 6) is 0. The highest BCUT2D eigenvalue weighted by atomic mass is 15.2. The van der Waals surface area contributed by atoms with Crippen LogP contribution in [0.5, 0.6) is 0 Å². The summed E-state index contributed by atoms with van der Waals surface area (Å²) < 4.78 is 2.15. The Balaban J connectivity index is 1.75. The molecule has 1 aromatic rings. The predicted octanol–water partition coefficient (Wildman–Crippen LogP) is 0.955. The van der Waals surface area contributed by atoms with Crippen LogP contribution in [-0.2, 0) is 6.54 Å². The van der Waals surface area contributed by atoms with Crippen LogP contribution in [0.4, 0.5) is 0 Å². The normalized spacial score (nSPS) is 27.1. The van der Waals surface area contributed by atoms with Crippen molar-refractivity contribution in [3.05, 3.63) is 18.7 Å². The lowest BCUT2D eigenvalue weighted by Crippen LogP contribution is -2.55. The molecule has 1 N–H and O–H groups in total. The highest BCUT2D eigenvalue weighted by Crippen LogP contribution is 2.10. The minimum atomic E-state index is 0.659. The SMILES string of the molecule is CC1CNCC(C)N1CCCn1ccnc1. The lowest BCUT2D eigenvalue weighted by atomic mass is 10.1. The van der Waals surface area contributed by atoms with Gasteiger partial charge in [0.1, 0.15) is 0 Å². The summed E-state index contributed by atoms with van der Waals surface area (Å²) in [7, 11) is 0. The molecular formula is C12H22N4. The molecule has 0 spiro atoms. The van der Waals surface area contributed by atoms with Crippen LogP contribution >= 0.6 is 0 Å². The number of hydrogen-bond donors (Lipinski definition) is 1. The van der Waals surface area contributed by atoms with Crippen LogP contribution in [0.3, 0.4) is 0 Å². The Labute approximate surface area is 97.7 Å². The molecule has 0 amide bonds. The Hall–Kier alpha value is -0.870. The van der Waals surface area contributed by atoms with Gasteiger partial charge >= 0.3 is 0 Å². The van der Waals surface area contributed by atoms with E-state index in [1.807, 2.05) is 18.7 Å². The second-order valence-electron chi connectivity index (χ2n) is 4.75. The third-order valence-electron chi connectivity index (χ3n) is 3.40. The van der Waals surface area contributed by atoms with Crippen molar-refractivity contribution in [1.29, 1.82) is 0 Å². The molecule has 0 aromatic carbocycles. The maximum absolute atomic E-state index is 4.06. The number of nitrogens with one attached hydrogen (secondary N) is 1. The van der Waals surface area contributed by atoms with Gasteiger partial charge in [-0.05, 0) is 20.3 Å². The minimum absolute atomic E-state index is 0.659. The van der Waals surface area contributed by atoms with Crippen molar-refractivity contribution >= 4 is 0 Å². The molecule has 2 rings (SSSR count). The fourth-order valence-electron chi connectivity index (χ4n) is 2.47. The number of hydrogen-bond acceptors (Lipinski definition) is 3. The van der Waals surface area contributed by atoms with E-state index in [0.717, 1.165) is 19.6 Å². The molecule has 2 unspecified atom stereocenters. The van der Waals surface area contributed by atoms with E-state index in [-0.39, 0.29) is 0 Å². The summed E-state index contributed by atoms with van der Waals surface area (Å²) in [5, 5.41) is 3.46. The summed E-state index contributed by atoms with van der Waals surface area (Å²) in [5.41, 5.74) is 0. The Morgan fingerprint density at radius 1 is 1.25 bits per heavy atom. The van der Waals surface area contributed by atoms with Crippen molar-refractivity contribution in [2.24, 2.45) is 0 Å². The lowest BCUT2D eigenvalue weighted by Gasteiger charge is -2.39. The zero-order chi connectivity index (χ0) is 11.4. The Morgan fingerprint density at radius 3 is 2.62 bits per heavy atom. The molecule has 0 saturated carbocycles. The first-order chi connectivity index (χ1) is 7.77. The van der Waals surface area contributed by atoms with Gasteiger partial charge in [0.25, 0.3) is 0 Å². The summed E-state index contributed by atoms with van der Waals surface area (Å²) in [6, 6.07) is 1.32. The number of aryl methyl sites for hydroxylation is 1. The molecule has 4 nitrogen and oxygen atoms in total. The largest absolute Gasteiger partial charge is 0.337 e. The van der Waals surface area contributed by atoms with Crippen LogP contribution in [0.15, 0.2) is 18.7 Å². The Bertz CT molecular complexity index is 286. The molecule has 0 bridgehead atoms. The molecular weight excluding hydrogens is 200 g/mol. The van der Waals surface area contributed by atoms with E-state index in [2.05, 4.69) is 33.6 Å². The van der Waals surface area contributed by atoms with Gasteiger partial charge in [0.15, 0.2) is 0 Å². The first-order valence-corrected chi connectivity index (χ1v) is 6.19. The molecule has 0 aliphatic carbocycles. The van der Waals surface area contributed by atoms with Crippen LogP contribution in [-0.4, -0.2) is 46.2 Å². The molecule has 1 aromatic heterocycles. The molecule has 0 radical (unpaired) electrons. The predicted molar refractivity (Wildman–Crippen MR) is 65.3 cm³/mol. The van der Waals surface area contributed by atoms with Gasteiger partial charge in [-0.1, -0.05) is 0 Å². The van der Waals surface area contributed by atoms with Crippen molar-refractivity contribution in [2.75, 3.05) is 19.6 Å². The number of aromatic nitrogens is 2. The molecule has 1 fully saturated rings. The smallest absolute Gasteiger partial charge is 0.0945 e. The van der Waals surface area contributed by atoms with E-state index in [1.54, 1.807) is 0 Å². The maximum atomic E-state index is 4.06. The zero-order valence-corrected chi connectivity index (χ0v) is 10.3. The first-order valence-electron chi connectivity index (χ1n) is 6.19. The van der Waals surface area contributed by atoms with Crippen molar-refractivity contribution in [1.82, 2.24) is 19.8 Å². The molecule has 1 saturated heterocycles. The average molecular weight is 222 g/mol. The topological polar surface area (TPSA) is 33.1 Å². The molecule has 16 heavy (non-hydrogen) atoms. The van der Waals surface area contributed by atoms with Gasteiger partial charge in [-0.3, -0.25) is 4.90 Å². The van der Waals surface area contributed by atoms with E-state index < -0.39 is 0 Å². The number of imidazole rings is 1. The second-order valence-corrected chi connectivity index (χ2v) is 4.75. The Kier molecular flexibility index (Phi) is 3.96. The van der Waals surface area contributed by atoms with Crippen molar-refractivity contribution in [3.63, 3.8) is 0 Å². The maximum Gasteiger partial charge on any atom is 0.0945 e. The van der Waals surface area contributed by atoms with E-state index in [1.165, 1.54) is 13.0 Å². The molecule has 4 heteroatoms. The monoisotopic (exact) mass is 222 g/mol. The van der Waals surface area contributed by atoms with Gasteiger partial charge in [-0.15, -0.1) is 0 Å². The fourth-order valence-corrected chi connectivity index (χ4v) is 2.47. The van der Waals surface area contributed by atoms with Crippen molar-refractivity contribution in [2.45, 2.75) is 38.9 Å². The average Bonchev–Trinajstić information content (AvgIpc) is 2.75. The van der Waals surface area contributed by atoms with Crippen LogP contribution in [0.25, 0.3) is 0 Å². The highest BCUT2D eigenvalue weighted by Gasteiger charge is 2.23. The van der Waals surface area contributed by atoms with Gasteiger partial charge in [-0.2, -0.15) is 0 Å². The molecule has 1 aliphatic rings. The first kappa shape index (κ1) is 11.6. The lowest BCUT2D eigenvalue weighted by molar-refractivity contribution is 0.114. The van der Waals surface area contributed by atoms with Crippen molar-refractivity contribution in [3.8, 4) is 0 Å². The molecule has 2 heterocycles. The number of nitrogens with zero attached hydrogens (tertiary/aromatic N) is 3. The van der Waals surface area contributed by atoms with Crippen LogP contribution in [0.1, 0.15) is 20.3 Å². The summed E-state index contributed by atoms with van der Waals surface area (Å²) in [6.45, 7) is 9.11. The minimum Gasteiger partial charge on any atom is -0.337 e. The number of piperazine rings is 1. The molecule has 1 aliphatic heterocycles. The summed E-state index contributed by atoms with van der Waals surface area (Å²) in [4.78, 5) is 6.66. The van der Waals surface area contributed by atoms with Crippen LogP contribution in [0, 0.1) is 0 Å². The van der Waals surface area contributed by atoms with Crippen LogP contribution in [0.2, 0.25) is 0 Å². The zero-order valence-electron chi connectivity index (χ0n) is 10.3. The van der Waals surface area contributed by atoms with Crippen LogP contribution < -0.4 is 5.32 Å². The molecule has 2 atom stereocenters. The quantitative estimate of drug-likeness (QED) is 0.823. The highest BCUT2D eigenvalue weighted by molar-refractivity contribution is 4.82. The third kappa shape index (κ3) is 2.83. The van der Waals surface area contributed by atoms with E-state index in [9.17, 15) is 0 Å². The molecule has 90 valence electrons. The van der Waals surface area contributed by atoms with Gasteiger partial charge in [0.2, 0.25) is 0 Å². The standard InChI is InChI=1S/C12H22N4/c1-11-8-14-9-12(2)16(11)6-3-5-15-7-4-13-10-15/h4,7,10-12,14H,3,5-6,8-9H2,1-2H3. The van der Waals surface area contributed by atoms with E-state index in [0.29, 0.717) is 12.1 Å². The Morgan fingerprint density at radius 2 is 2.00 bits per heavy atom. The van der Waals surface area contributed by atoms with Gasteiger partial charge in [-0.25, -0.2) is 4.98 Å². The summed E-state index contributed by atoms with van der Waals surface area (Å²) >= 11 is 0. The fraction of sp³-hybridized carbons (Fsp3) is 0.750. The van der Waals surface area contributed by atoms with E-state index >= 15 is 0 Å². The third-order valence-corrected chi connectivity index (χ3v) is 3.40. The van der Waals surface area contributed by atoms with Gasteiger partial charge in [0.05, 0.1) is 6.33 Å². The summed E-state index contributed by atoms with van der Waals surface area (Å²) in [6.07, 6.45) is 6.97. The second kappa shape index (κ2) is 5.46. The van der Waals surface area contributed by atoms with Gasteiger partial charge in [0, 0.05) is 50.7 Å².